The van der Waals surface area contributed by atoms with Crippen LogP contribution in [-0.4, -0.2) is 99.8 Å². The van der Waals surface area contributed by atoms with Gasteiger partial charge in [-0.05, 0) is 74.6 Å². The molecule has 306 valence electrons. The molecule has 2 saturated heterocycles. The number of para-hydroxylation sites is 1. The van der Waals surface area contributed by atoms with Crippen LogP contribution in [0.4, 0.5) is 4.79 Å². The fourth-order valence-corrected chi connectivity index (χ4v) is 9.42. The van der Waals surface area contributed by atoms with Crippen molar-refractivity contribution in [2.75, 3.05) is 39.3 Å². The lowest BCUT2D eigenvalue weighted by Gasteiger charge is -2.31. The summed E-state index contributed by atoms with van der Waals surface area (Å²) in [6.45, 7) is 7.40. The number of benzene rings is 3. The molecule has 0 radical (unpaired) electrons. The monoisotopic (exact) mass is 818 g/mol. The van der Waals surface area contributed by atoms with E-state index < -0.39 is 66.7 Å². The zero-order valence-electron chi connectivity index (χ0n) is 31.9. The normalized spacial score (nSPS) is 20.7. The Morgan fingerprint density at radius 1 is 0.946 bits per heavy atom. The zero-order valence-corrected chi connectivity index (χ0v) is 33.6. The highest BCUT2D eigenvalue weighted by molar-refractivity contribution is 7.89. The maximum Gasteiger partial charge on any atom is 0.417 e. The molecule has 1 unspecified atom stereocenters. The smallest absolute Gasteiger partial charge is 0.417 e. The van der Waals surface area contributed by atoms with Crippen LogP contribution in [0.15, 0.2) is 89.8 Å². The maximum atomic E-state index is 13.8. The Bertz CT molecular complexity index is 1870. The number of esters is 1. The van der Waals surface area contributed by atoms with E-state index in [1.54, 1.807) is 79.7 Å². The van der Waals surface area contributed by atoms with Crippen LogP contribution < -0.4 is 14.6 Å². The van der Waals surface area contributed by atoms with Crippen molar-refractivity contribution in [1.82, 2.24) is 9.62 Å². The number of hydrogen-bond acceptors (Lipinski definition) is 13. The molecule has 2 fully saturated rings. The Hall–Kier alpha value is -4.02. The van der Waals surface area contributed by atoms with Crippen molar-refractivity contribution in [3.05, 3.63) is 90.5 Å². The second-order valence-electron chi connectivity index (χ2n) is 14.0. The van der Waals surface area contributed by atoms with Crippen LogP contribution in [0, 0.1) is 11.8 Å². The van der Waals surface area contributed by atoms with Gasteiger partial charge in [-0.3, -0.25) is 4.52 Å². The van der Waals surface area contributed by atoms with E-state index in [4.69, 9.17) is 32.7 Å². The number of alkyl carbamates (subject to hydrolysis) is 1. The van der Waals surface area contributed by atoms with Gasteiger partial charge in [0.15, 0.2) is 12.4 Å². The molecule has 17 heteroatoms. The predicted molar refractivity (Wildman–Crippen MR) is 205 cm³/mol. The number of nitrogens with one attached hydrogen (secondary N) is 1. The van der Waals surface area contributed by atoms with E-state index >= 15 is 0 Å². The van der Waals surface area contributed by atoms with E-state index in [0.717, 1.165) is 0 Å². The van der Waals surface area contributed by atoms with E-state index in [1.165, 1.54) is 23.4 Å². The third-order valence-electron chi connectivity index (χ3n) is 9.05. The fraction of sp³-hybridized carbons (Fsp3) is 0.487. The molecule has 56 heavy (non-hydrogen) atoms. The van der Waals surface area contributed by atoms with Crippen LogP contribution in [-0.2, 0) is 49.3 Å². The Kier molecular flexibility index (Phi) is 15.3. The molecule has 5 rings (SSSR count). The highest BCUT2D eigenvalue weighted by Gasteiger charge is 2.44. The summed E-state index contributed by atoms with van der Waals surface area (Å²) in [5, 5.41) is 14.5. The summed E-state index contributed by atoms with van der Waals surface area (Å²) in [5.41, 5.74) is 0.646. The molecule has 3 aromatic rings. The van der Waals surface area contributed by atoms with Crippen LogP contribution >= 0.6 is 7.60 Å². The molecule has 0 bridgehead atoms. The Morgan fingerprint density at radius 3 is 2.29 bits per heavy atom. The lowest BCUT2D eigenvalue weighted by atomic mass is 10.0. The van der Waals surface area contributed by atoms with Gasteiger partial charge >= 0.3 is 19.7 Å². The first-order valence-corrected chi connectivity index (χ1v) is 21.8. The first kappa shape index (κ1) is 43.1. The summed E-state index contributed by atoms with van der Waals surface area (Å²) in [6, 6.07) is 21.9. The largest absolute Gasteiger partial charge is 0.480 e. The van der Waals surface area contributed by atoms with Gasteiger partial charge in [0, 0.05) is 13.1 Å². The van der Waals surface area contributed by atoms with Crippen LogP contribution in [0.1, 0.15) is 39.7 Å². The number of carbonyl (C=O) groups excluding carboxylic acids is 2. The average Bonchev–Trinajstić information content (AvgIpc) is 3.80. The summed E-state index contributed by atoms with van der Waals surface area (Å²) >= 11 is 0. The van der Waals surface area contributed by atoms with E-state index in [2.05, 4.69) is 5.32 Å². The first-order valence-electron chi connectivity index (χ1n) is 18.6. The molecule has 0 aliphatic carbocycles. The minimum atomic E-state index is -4.07. The molecule has 3 aromatic carbocycles. The average molecular weight is 819 g/mol. The molecule has 2 heterocycles. The fourth-order valence-electron chi connectivity index (χ4n) is 6.30. The summed E-state index contributed by atoms with van der Waals surface area (Å²) in [6.07, 6.45) is -4.13. The summed E-state index contributed by atoms with van der Waals surface area (Å²) in [7, 11) is -8.07. The van der Waals surface area contributed by atoms with Gasteiger partial charge in [-0.1, -0.05) is 62.4 Å². The van der Waals surface area contributed by atoms with Gasteiger partial charge in [-0.2, -0.15) is 4.31 Å². The standard InChI is InChI=1S/C39H51N2O13PS/c1-5-48-37(43)28(4)53-55(45,54-31-12-8-6-9-13-31)26-51-30-18-16-29(17-19-30)22-34(40-39(44)52-36-25-50-38-33(36)20-21-49-38)35(42)24-41(23-27(2)3)56(46,47)32-14-10-7-11-15-32/h6-19,27-28,33-36,38,42H,5,20-26H2,1-4H3,(H,40,44)/t28-,33-,34-,35+,36-,38+,55?/m0/s1. The van der Waals surface area contributed by atoms with E-state index in [0.29, 0.717) is 18.6 Å². The molecule has 0 spiro atoms. The summed E-state index contributed by atoms with van der Waals surface area (Å²) in [5.74, 6) is -0.348. The first-order chi connectivity index (χ1) is 26.8. The van der Waals surface area contributed by atoms with Crippen molar-refractivity contribution < 1.29 is 60.4 Å². The molecule has 0 saturated carbocycles. The molecular formula is C39H51N2O13PS. The number of ether oxygens (including phenoxy) is 5. The third kappa shape index (κ3) is 12.0. The molecule has 15 nitrogen and oxygen atoms in total. The summed E-state index contributed by atoms with van der Waals surface area (Å²) in [4.78, 5) is 25.7. The van der Waals surface area contributed by atoms with Crippen molar-refractivity contribution >= 4 is 29.7 Å². The third-order valence-corrected chi connectivity index (χ3v) is 12.5. The van der Waals surface area contributed by atoms with Crippen LogP contribution in [0.25, 0.3) is 0 Å². The Morgan fingerprint density at radius 2 is 1.62 bits per heavy atom. The molecule has 7 atom stereocenters. The van der Waals surface area contributed by atoms with Crippen molar-refractivity contribution in [3.8, 4) is 11.5 Å². The van der Waals surface area contributed by atoms with Crippen LogP contribution in [0.3, 0.4) is 0 Å². The topological polar surface area (TPSA) is 185 Å². The Labute approximate surface area is 328 Å². The maximum absolute atomic E-state index is 13.8. The minimum Gasteiger partial charge on any atom is -0.480 e. The lowest BCUT2D eigenvalue weighted by Crippen LogP contribution is -2.51. The number of rotatable bonds is 20. The predicted octanol–water partition coefficient (Wildman–Crippen LogP) is 5.37. The van der Waals surface area contributed by atoms with E-state index in [1.807, 2.05) is 13.8 Å². The zero-order chi connectivity index (χ0) is 40.3. The van der Waals surface area contributed by atoms with E-state index in [-0.39, 0.29) is 61.0 Å². The number of carbonyl (C=O) groups is 2. The second kappa shape index (κ2) is 19.9. The van der Waals surface area contributed by atoms with Gasteiger partial charge in [-0.25, -0.2) is 22.6 Å². The number of nitrogens with zero attached hydrogens (tertiary/aromatic N) is 1. The number of aliphatic hydroxyl groups excluding tert-OH is 1. The summed E-state index contributed by atoms with van der Waals surface area (Å²) < 4.78 is 81.6. The molecular weight excluding hydrogens is 767 g/mol. The molecule has 2 N–H and O–H groups in total. The van der Waals surface area contributed by atoms with Crippen molar-refractivity contribution in [2.24, 2.45) is 11.8 Å². The van der Waals surface area contributed by atoms with Gasteiger partial charge in [0.1, 0.15) is 17.6 Å². The number of fused-ring (bicyclic) bond motifs is 1. The Balaban J connectivity index is 1.31. The molecule has 2 aliphatic heterocycles. The highest BCUT2D eigenvalue weighted by Crippen LogP contribution is 2.49. The second-order valence-corrected chi connectivity index (χ2v) is 17.8. The van der Waals surface area contributed by atoms with E-state index in [9.17, 15) is 27.7 Å². The van der Waals surface area contributed by atoms with Crippen molar-refractivity contribution in [3.63, 3.8) is 0 Å². The number of sulfonamides is 1. The minimum absolute atomic E-state index is 0.0688. The van der Waals surface area contributed by atoms with Gasteiger partial charge in [0.2, 0.25) is 16.4 Å². The van der Waals surface area contributed by atoms with Gasteiger partial charge in [0.25, 0.3) is 0 Å². The number of amides is 1. The molecule has 1 amide bonds. The number of aliphatic hydroxyl groups is 1. The van der Waals surface area contributed by atoms with Crippen LogP contribution in [0.5, 0.6) is 11.5 Å². The highest BCUT2D eigenvalue weighted by atomic mass is 32.2. The quantitative estimate of drug-likeness (QED) is 0.110. The van der Waals surface area contributed by atoms with Gasteiger partial charge < -0.3 is 38.6 Å². The SMILES string of the molecule is CCOC(=O)[C@H](C)OP(=O)(COc1ccc(C[C@H](NC(=O)O[C@H]2CO[C@H]3OCC[C@H]32)[C@H](O)CN(CC(C)C)S(=O)(=O)c2ccccc2)cc1)Oc1ccccc1. The van der Waals surface area contributed by atoms with Crippen LogP contribution in [0.2, 0.25) is 0 Å². The number of hydrogen-bond donors (Lipinski definition) is 2. The molecule has 2 aliphatic rings. The van der Waals surface area contributed by atoms with Gasteiger partial charge in [0.05, 0.1) is 42.8 Å². The van der Waals surface area contributed by atoms with Crippen molar-refractivity contribution in [2.45, 2.75) is 76.1 Å². The van der Waals surface area contributed by atoms with Gasteiger partial charge in [-0.15, -0.1) is 0 Å². The van der Waals surface area contributed by atoms with Crippen molar-refractivity contribution in [1.29, 1.82) is 0 Å². The molecule has 0 aromatic heterocycles. The lowest BCUT2D eigenvalue weighted by molar-refractivity contribution is -0.150.